The summed E-state index contributed by atoms with van der Waals surface area (Å²) in [6.45, 7) is 8.91. The van der Waals surface area contributed by atoms with Crippen LogP contribution in [0.1, 0.15) is 44.0 Å². The van der Waals surface area contributed by atoms with Crippen LogP contribution < -0.4 is 29.7 Å². The molecule has 2 N–H and O–H groups in total. The standard InChI is InChI=1S/C24H30ClN3O4S/c1-4-30-20-13-16(14-21(31-5-2)22(20)32-6-3)23(29)27-24(33)26-17-9-10-19(18(25)15-17)28-11-7-8-12-28/h9-10,13-15H,4-8,11-12H2,1-3H3,(H2,26,27,29,33). The molecule has 0 aliphatic carbocycles. The monoisotopic (exact) mass is 491 g/mol. The molecule has 0 unspecified atom stereocenters. The SMILES string of the molecule is CCOc1cc(C(=O)NC(=S)Nc2ccc(N3CCCC3)c(Cl)c2)cc(OCC)c1OCC. The van der Waals surface area contributed by atoms with Crippen molar-refractivity contribution in [1.29, 1.82) is 0 Å². The van der Waals surface area contributed by atoms with Crippen LogP contribution in [0.4, 0.5) is 11.4 Å². The van der Waals surface area contributed by atoms with E-state index in [2.05, 4.69) is 15.5 Å². The summed E-state index contributed by atoms with van der Waals surface area (Å²) < 4.78 is 17.1. The van der Waals surface area contributed by atoms with Gasteiger partial charge < -0.3 is 24.4 Å². The third kappa shape index (κ3) is 6.42. The van der Waals surface area contributed by atoms with Crippen LogP contribution in [0.15, 0.2) is 30.3 Å². The van der Waals surface area contributed by atoms with Crippen LogP contribution in [-0.4, -0.2) is 43.9 Å². The van der Waals surface area contributed by atoms with Gasteiger partial charge in [-0.3, -0.25) is 10.1 Å². The Morgan fingerprint density at radius 2 is 1.61 bits per heavy atom. The summed E-state index contributed by atoms with van der Waals surface area (Å²) in [7, 11) is 0. The highest BCUT2D eigenvalue weighted by atomic mass is 35.5. The second kappa shape index (κ2) is 12.0. The van der Waals surface area contributed by atoms with Crippen LogP contribution in [0.2, 0.25) is 5.02 Å². The summed E-state index contributed by atoms with van der Waals surface area (Å²) >= 11 is 11.8. The number of rotatable bonds is 9. The number of thiocarbonyl (C=S) groups is 1. The maximum absolute atomic E-state index is 12.9. The Kier molecular flexibility index (Phi) is 9.03. The molecule has 1 amide bonds. The third-order valence-corrected chi connectivity index (χ3v) is 5.56. The molecule has 1 fully saturated rings. The molecule has 0 atom stereocenters. The van der Waals surface area contributed by atoms with Gasteiger partial charge in [0.25, 0.3) is 5.91 Å². The van der Waals surface area contributed by atoms with Gasteiger partial charge in [0, 0.05) is 24.3 Å². The molecule has 0 aromatic heterocycles. The summed E-state index contributed by atoms with van der Waals surface area (Å²) in [5.41, 5.74) is 2.05. The highest BCUT2D eigenvalue weighted by Gasteiger charge is 2.19. The smallest absolute Gasteiger partial charge is 0.257 e. The van der Waals surface area contributed by atoms with Crippen molar-refractivity contribution in [2.24, 2.45) is 0 Å². The van der Waals surface area contributed by atoms with E-state index in [1.165, 1.54) is 12.8 Å². The number of nitrogens with zero attached hydrogens (tertiary/aromatic N) is 1. The van der Waals surface area contributed by atoms with E-state index in [0.29, 0.717) is 53.3 Å². The average molecular weight is 492 g/mol. The van der Waals surface area contributed by atoms with Crippen LogP contribution in [0.3, 0.4) is 0 Å². The summed E-state index contributed by atoms with van der Waals surface area (Å²) in [5.74, 6) is 0.973. The zero-order chi connectivity index (χ0) is 23.8. The van der Waals surface area contributed by atoms with Crippen molar-refractivity contribution in [3.63, 3.8) is 0 Å². The van der Waals surface area contributed by atoms with E-state index in [1.807, 2.05) is 39.0 Å². The first-order valence-corrected chi connectivity index (χ1v) is 12.0. The first kappa shape index (κ1) is 24.9. The molecule has 1 aliphatic rings. The highest BCUT2D eigenvalue weighted by Crippen LogP contribution is 2.39. The molecule has 0 spiro atoms. The first-order valence-electron chi connectivity index (χ1n) is 11.2. The van der Waals surface area contributed by atoms with E-state index in [-0.39, 0.29) is 5.11 Å². The first-order chi connectivity index (χ1) is 16.0. The maximum Gasteiger partial charge on any atom is 0.257 e. The molecule has 33 heavy (non-hydrogen) atoms. The molecule has 1 saturated heterocycles. The largest absolute Gasteiger partial charge is 0.490 e. The molecule has 2 aromatic rings. The van der Waals surface area contributed by atoms with Crippen molar-refractivity contribution in [3.8, 4) is 17.2 Å². The van der Waals surface area contributed by atoms with Gasteiger partial charge >= 0.3 is 0 Å². The molecule has 9 heteroatoms. The van der Waals surface area contributed by atoms with Gasteiger partial charge in [-0.05, 0) is 76.2 Å². The van der Waals surface area contributed by atoms with E-state index >= 15 is 0 Å². The van der Waals surface area contributed by atoms with Gasteiger partial charge in [0.2, 0.25) is 5.75 Å². The lowest BCUT2D eigenvalue weighted by Crippen LogP contribution is -2.34. The van der Waals surface area contributed by atoms with Gasteiger partial charge in [-0.1, -0.05) is 11.6 Å². The van der Waals surface area contributed by atoms with Crippen molar-refractivity contribution in [2.75, 3.05) is 43.1 Å². The third-order valence-electron chi connectivity index (χ3n) is 5.05. The lowest BCUT2D eigenvalue weighted by Gasteiger charge is -2.20. The van der Waals surface area contributed by atoms with E-state index in [9.17, 15) is 4.79 Å². The number of anilines is 2. The highest BCUT2D eigenvalue weighted by molar-refractivity contribution is 7.80. The summed E-state index contributed by atoms with van der Waals surface area (Å²) in [5, 5.41) is 6.53. The van der Waals surface area contributed by atoms with Gasteiger partial charge in [0.05, 0.1) is 30.5 Å². The second-order valence-corrected chi connectivity index (χ2v) is 8.18. The quantitative estimate of drug-likeness (QED) is 0.463. The molecule has 0 saturated carbocycles. The fourth-order valence-corrected chi connectivity index (χ4v) is 4.17. The Morgan fingerprint density at radius 1 is 1.00 bits per heavy atom. The van der Waals surface area contributed by atoms with Gasteiger partial charge in [-0.15, -0.1) is 0 Å². The molecule has 178 valence electrons. The Morgan fingerprint density at radius 3 is 2.15 bits per heavy atom. The lowest BCUT2D eigenvalue weighted by molar-refractivity contribution is 0.0976. The number of hydrogen-bond acceptors (Lipinski definition) is 6. The number of benzene rings is 2. The normalized spacial score (nSPS) is 12.9. The Bertz CT molecular complexity index is 969. The van der Waals surface area contributed by atoms with Crippen molar-refractivity contribution in [3.05, 3.63) is 40.9 Å². The molecule has 0 bridgehead atoms. The number of halogens is 1. The fraction of sp³-hybridized carbons (Fsp3) is 0.417. The molecule has 2 aromatic carbocycles. The predicted octanol–water partition coefficient (Wildman–Crippen LogP) is 5.26. The van der Waals surface area contributed by atoms with Crippen molar-refractivity contribution in [2.45, 2.75) is 33.6 Å². The number of ether oxygens (including phenoxy) is 3. The Balaban J connectivity index is 1.72. The topological polar surface area (TPSA) is 72.1 Å². The zero-order valence-corrected chi connectivity index (χ0v) is 20.8. The fourth-order valence-electron chi connectivity index (χ4n) is 3.66. The van der Waals surface area contributed by atoms with Crippen LogP contribution in [0.5, 0.6) is 17.2 Å². The van der Waals surface area contributed by atoms with Gasteiger partial charge in [-0.2, -0.15) is 0 Å². The number of carbonyl (C=O) groups excluding carboxylic acids is 1. The number of hydrogen-bond donors (Lipinski definition) is 2. The van der Waals surface area contributed by atoms with Crippen molar-refractivity contribution < 1.29 is 19.0 Å². The molecular weight excluding hydrogens is 462 g/mol. The van der Waals surface area contributed by atoms with Crippen molar-refractivity contribution >= 4 is 46.2 Å². The zero-order valence-electron chi connectivity index (χ0n) is 19.2. The molecule has 3 rings (SSSR count). The van der Waals surface area contributed by atoms with Crippen LogP contribution in [-0.2, 0) is 0 Å². The minimum Gasteiger partial charge on any atom is -0.490 e. The van der Waals surface area contributed by atoms with E-state index in [1.54, 1.807) is 12.1 Å². The molecular formula is C24H30ClN3O4S. The van der Waals surface area contributed by atoms with E-state index in [0.717, 1.165) is 18.8 Å². The number of amides is 1. The molecule has 1 heterocycles. The lowest BCUT2D eigenvalue weighted by atomic mass is 10.1. The Hall–Kier alpha value is -2.71. The molecule has 0 radical (unpaired) electrons. The van der Waals surface area contributed by atoms with E-state index in [4.69, 9.17) is 38.0 Å². The van der Waals surface area contributed by atoms with Crippen molar-refractivity contribution in [1.82, 2.24) is 5.32 Å². The molecule has 7 nitrogen and oxygen atoms in total. The van der Waals surface area contributed by atoms with Gasteiger partial charge in [0.15, 0.2) is 16.6 Å². The minimum atomic E-state index is -0.391. The summed E-state index contributed by atoms with van der Waals surface area (Å²) in [6.07, 6.45) is 2.35. The molecule has 1 aliphatic heterocycles. The minimum absolute atomic E-state index is 0.162. The van der Waals surface area contributed by atoms with Crippen LogP contribution in [0.25, 0.3) is 0 Å². The second-order valence-electron chi connectivity index (χ2n) is 7.37. The predicted molar refractivity (Wildman–Crippen MR) is 137 cm³/mol. The maximum atomic E-state index is 12.9. The van der Waals surface area contributed by atoms with Gasteiger partial charge in [-0.25, -0.2) is 0 Å². The van der Waals surface area contributed by atoms with E-state index < -0.39 is 5.91 Å². The summed E-state index contributed by atoms with van der Waals surface area (Å²) in [4.78, 5) is 15.2. The average Bonchev–Trinajstić information content (AvgIpc) is 3.30. The summed E-state index contributed by atoms with van der Waals surface area (Å²) in [6, 6.07) is 8.92. The van der Waals surface area contributed by atoms with Crippen LogP contribution in [0, 0.1) is 0 Å². The number of nitrogens with one attached hydrogen (secondary N) is 2. The number of carbonyl (C=O) groups is 1. The Labute approximate surface area is 205 Å². The van der Waals surface area contributed by atoms with Crippen LogP contribution >= 0.6 is 23.8 Å². The van der Waals surface area contributed by atoms with Gasteiger partial charge in [0.1, 0.15) is 0 Å².